The Balaban J connectivity index is 2.03. The first-order chi connectivity index (χ1) is 9.34. The van der Waals surface area contributed by atoms with Gasteiger partial charge in [-0.15, -0.1) is 0 Å². The van der Waals surface area contributed by atoms with E-state index in [0.717, 1.165) is 5.56 Å². The summed E-state index contributed by atoms with van der Waals surface area (Å²) >= 11 is 1.63. The number of carbonyl (C=O) groups excluding carboxylic acids is 3. The molecule has 7 heteroatoms. The van der Waals surface area contributed by atoms with E-state index in [0.29, 0.717) is 6.42 Å². The van der Waals surface area contributed by atoms with Crippen LogP contribution in [0.3, 0.4) is 0 Å². The number of Topliss-reactive ketones (excluding diaryl/α,β-unsaturated/α-hetero) is 1. The second-order valence-electron chi connectivity index (χ2n) is 4.58. The molecule has 1 fully saturated rings. The van der Waals surface area contributed by atoms with Crippen LogP contribution in [0, 0.1) is 0 Å². The van der Waals surface area contributed by atoms with Gasteiger partial charge in [-0.2, -0.15) is 5.06 Å². The zero-order chi connectivity index (χ0) is 14.9. The molecule has 0 radical (unpaired) electrons. The van der Waals surface area contributed by atoms with Crippen LogP contribution in [0.1, 0.15) is 18.4 Å². The molecule has 106 valence electrons. The number of imide groups is 1. The van der Waals surface area contributed by atoms with Crippen molar-refractivity contribution in [3.63, 3.8) is 0 Å². The van der Waals surface area contributed by atoms with Gasteiger partial charge in [0, 0.05) is 6.42 Å². The number of benzene rings is 1. The highest BCUT2D eigenvalue weighted by Gasteiger charge is 2.54. The third kappa shape index (κ3) is 2.68. The lowest BCUT2D eigenvalue weighted by molar-refractivity contribution is -0.171. The van der Waals surface area contributed by atoms with Crippen molar-refractivity contribution in [2.45, 2.75) is 22.7 Å². The van der Waals surface area contributed by atoms with Gasteiger partial charge in [-0.05, 0) is 24.1 Å². The first-order valence-corrected chi connectivity index (χ1v) is 6.99. The zero-order valence-electron chi connectivity index (χ0n) is 10.4. The molecule has 0 bridgehead atoms. The molecule has 1 saturated heterocycles. The normalized spacial score (nSPS) is 22.4. The van der Waals surface area contributed by atoms with Crippen molar-refractivity contribution in [1.82, 2.24) is 5.06 Å². The summed E-state index contributed by atoms with van der Waals surface area (Å²) in [6.45, 7) is 0. The Morgan fingerprint density at radius 2 is 1.90 bits per heavy atom. The molecule has 0 saturated carbocycles. The minimum absolute atomic E-state index is 0.0187. The highest BCUT2D eigenvalue weighted by Crippen LogP contribution is 2.34. The fourth-order valence-corrected chi connectivity index (χ4v) is 2.80. The van der Waals surface area contributed by atoms with Crippen LogP contribution in [-0.2, 0) is 20.8 Å². The van der Waals surface area contributed by atoms with E-state index in [-0.39, 0.29) is 29.4 Å². The lowest BCUT2D eigenvalue weighted by Gasteiger charge is -2.16. The summed E-state index contributed by atoms with van der Waals surface area (Å²) in [5, 5.41) is 18.4. The molecule has 0 aliphatic carbocycles. The monoisotopic (exact) mass is 389 g/mol. The molecular weight excluding hydrogens is 377 g/mol. The number of aromatic hydroxyl groups is 1. The number of aryl methyl sites for hydroxylation is 1. The molecule has 0 spiro atoms. The summed E-state index contributed by atoms with van der Waals surface area (Å²) in [5.41, 5.74) is 0.841. The molecule has 6 nitrogen and oxygen atoms in total. The summed E-state index contributed by atoms with van der Waals surface area (Å²) in [4.78, 5) is 35.2. The minimum Gasteiger partial charge on any atom is -0.508 e. The number of phenols is 1. The van der Waals surface area contributed by atoms with Gasteiger partial charge in [-0.3, -0.25) is 19.6 Å². The fraction of sp³-hybridized carbons (Fsp3) is 0.308. The van der Waals surface area contributed by atoms with Crippen molar-refractivity contribution in [3.05, 3.63) is 29.8 Å². The maximum absolute atomic E-state index is 12.1. The number of amides is 2. The Labute approximate surface area is 128 Å². The molecule has 1 unspecified atom stereocenters. The molecule has 1 aromatic carbocycles. The molecule has 1 heterocycles. The van der Waals surface area contributed by atoms with Gasteiger partial charge in [-0.25, -0.2) is 0 Å². The average molecular weight is 389 g/mol. The number of hydrogen-bond donors (Lipinski definition) is 2. The SMILES string of the molecule is O=C1CC(I)(C(=O)CCc2ccc(O)cc2)C(=O)N1O. The summed E-state index contributed by atoms with van der Waals surface area (Å²) in [5.74, 6) is -1.89. The standard InChI is InChI=1S/C13H12INO5/c14-13(7-11(18)15(20)12(13)19)10(17)6-3-8-1-4-9(16)5-2-8/h1-2,4-5,16,20H,3,6-7H2. The van der Waals surface area contributed by atoms with E-state index in [9.17, 15) is 19.6 Å². The maximum Gasteiger partial charge on any atom is 0.277 e. The predicted molar refractivity (Wildman–Crippen MR) is 76.4 cm³/mol. The van der Waals surface area contributed by atoms with E-state index in [4.69, 9.17) is 5.11 Å². The molecule has 1 atom stereocenters. The Kier molecular flexibility index (Phi) is 4.09. The van der Waals surface area contributed by atoms with Crippen LogP contribution >= 0.6 is 22.6 Å². The van der Waals surface area contributed by atoms with Crippen LogP contribution in [-0.4, -0.2) is 36.4 Å². The molecule has 1 aliphatic heterocycles. The van der Waals surface area contributed by atoms with E-state index < -0.39 is 15.2 Å². The van der Waals surface area contributed by atoms with E-state index in [1.807, 2.05) is 0 Å². The Morgan fingerprint density at radius 1 is 1.30 bits per heavy atom. The van der Waals surface area contributed by atoms with Gasteiger partial charge in [0.05, 0.1) is 6.42 Å². The van der Waals surface area contributed by atoms with Crippen molar-refractivity contribution >= 4 is 40.2 Å². The molecule has 0 aromatic heterocycles. The number of hydrogen-bond acceptors (Lipinski definition) is 5. The number of hydroxylamine groups is 2. The van der Waals surface area contributed by atoms with Crippen molar-refractivity contribution in [3.8, 4) is 5.75 Å². The van der Waals surface area contributed by atoms with E-state index in [2.05, 4.69) is 0 Å². The maximum atomic E-state index is 12.1. The molecule has 1 aromatic rings. The van der Waals surface area contributed by atoms with Crippen LogP contribution < -0.4 is 0 Å². The Bertz CT molecular complexity index is 571. The first-order valence-electron chi connectivity index (χ1n) is 5.91. The van der Waals surface area contributed by atoms with Crippen LogP contribution in [0.2, 0.25) is 0 Å². The summed E-state index contributed by atoms with van der Waals surface area (Å²) in [7, 11) is 0. The number of halogens is 1. The molecule has 1 aliphatic rings. The fourth-order valence-electron chi connectivity index (χ4n) is 1.98. The highest BCUT2D eigenvalue weighted by molar-refractivity contribution is 14.1. The van der Waals surface area contributed by atoms with E-state index in [1.165, 1.54) is 12.1 Å². The van der Waals surface area contributed by atoms with Crippen LogP contribution in [0.5, 0.6) is 5.75 Å². The minimum atomic E-state index is -1.50. The van der Waals surface area contributed by atoms with E-state index >= 15 is 0 Å². The van der Waals surface area contributed by atoms with E-state index in [1.54, 1.807) is 34.7 Å². The van der Waals surface area contributed by atoms with Gasteiger partial charge in [0.15, 0.2) is 9.20 Å². The average Bonchev–Trinajstić information content (AvgIpc) is 2.62. The number of rotatable bonds is 4. The predicted octanol–water partition coefficient (Wildman–Crippen LogP) is 1.22. The largest absolute Gasteiger partial charge is 0.508 e. The summed E-state index contributed by atoms with van der Waals surface area (Å²) in [6.07, 6.45) is 0.175. The van der Waals surface area contributed by atoms with Gasteiger partial charge >= 0.3 is 0 Å². The number of ketones is 1. The molecule has 2 N–H and O–H groups in total. The second-order valence-corrected chi connectivity index (χ2v) is 6.42. The van der Waals surface area contributed by atoms with Crippen LogP contribution in [0.15, 0.2) is 24.3 Å². The van der Waals surface area contributed by atoms with Crippen molar-refractivity contribution in [2.75, 3.05) is 0 Å². The smallest absolute Gasteiger partial charge is 0.277 e. The van der Waals surface area contributed by atoms with Gasteiger partial charge in [-0.1, -0.05) is 34.7 Å². The Morgan fingerprint density at radius 3 is 2.40 bits per heavy atom. The summed E-state index contributed by atoms with van der Waals surface area (Å²) < 4.78 is -1.50. The molecule has 20 heavy (non-hydrogen) atoms. The van der Waals surface area contributed by atoms with Crippen molar-refractivity contribution in [1.29, 1.82) is 0 Å². The number of carbonyl (C=O) groups is 3. The number of nitrogens with zero attached hydrogens (tertiary/aromatic N) is 1. The number of alkyl halides is 1. The van der Waals surface area contributed by atoms with Crippen LogP contribution in [0.4, 0.5) is 0 Å². The molecule has 2 amide bonds. The van der Waals surface area contributed by atoms with Gasteiger partial charge in [0.25, 0.3) is 11.8 Å². The van der Waals surface area contributed by atoms with Gasteiger partial charge < -0.3 is 5.11 Å². The lowest BCUT2D eigenvalue weighted by Crippen LogP contribution is -2.40. The van der Waals surface area contributed by atoms with Crippen molar-refractivity contribution < 1.29 is 24.7 Å². The third-order valence-corrected chi connectivity index (χ3v) is 4.63. The first kappa shape index (κ1) is 14.9. The quantitative estimate of drug-likeness (QED) is 0.266. The number of phenolic OH excluding ortho intramolecular Hbond substituents is 1. The second kappa shape index (κ2) is 5.49. The van der Waals surface area contributed by atoms with Crippen molar-refractivity contribution in [2.24, 2.45) is 0 Å². The summed E-state index contributed by atoms with van der Waals surface area (Å²) in [6, 6.07) is 6.39. The lowest BCUT2D eigenvalue weighted by atomic mass is 9.96. The van der Waals surface area contributed by atoms with Gasteiger partial charge in [0.2, 0.25) is 0 Å². The molecular formula is C13H12INO5. The Hall–Kier alpha value is -1.48. The molecule has 2 rings (SSSR count). The van der Waals surface area contributed by atoms with Crippen LogP contribution in [0.25, 0.3) is 0 Å². The van der Waals surface area contributed by atoms with Gasteiger partial charge in [0.1, 0.15) is 5.75 Å². The highest BCUT2D eigenvalue weighted by atomic mass is 127. The zero-order valence-corrected chi connectivity index (χ0v) is 12.5. The topological polar surface area (TPSA) is 94.9 Å². The third-order valence-electron chi connectivity index (χ3n) is 3.18.